The van der Waals surface area contributed by atoms with Gasteiger partial charge in [-0.3, -0.25) is 0 Å². The quantitative estimate of drug-likeness (QED) is 0.298. The van der Waals surface area contributed by atoms with E-state index >= 15 is 4.39 Å². The molecule has 2 aromatic heterocycles. The standard InChI is InChI=1S/C28H23FNO/c1-17-9-12-22-26-23(29)14-13-21(20-11-10-18-6-5-7-19(18)16-20)27(26)31-28(22)25(17)24-8-3-4-15-30(24)2/h3-4,8-16H,5-7H2,1-2H3/q+1. The minimum Gasteiger partial charge on any atom is -0.454 e. The molecule has 0 N–H and O–H groups in total. The summed E-state index contributed by atoms with van der Waals surface area (Å²) in [6.07, 6.45) is 5.49. The van der Waals surface area contributed by atoms with E-state index < -0.39 is 0 Å². The van der Waals surface area contributed by atoms with Crippen LogP contribution in [0.15, 0.2) is 71.3 Å². The Balaban J connectivity index is 1.68. The molecule has 0 saturated carbocycles. The van der Waals surface area contributed by atoms with Gasteiger partial charge in [0.25, 0.3) is 0 Å². The lowest BCUT2D eigenvalue weighted by Gasteiger charge is -2.06. The fourth-order valence-corrected chi connectivity index (χ4v) is 5.07. The van der Waals surface area contributed by atoms with Crippen molar-refractivity contribution in [3.63, 3.8) is 0 Å². The highest BCUT2D eigenvalue weighted by molar-refractivity contribution is 6.13. The van der Waals surface area contributed by atoms with Crippen molar-refractivity contribution in [3.05, 3.63) is 89.4 Å². The molecule has 0 bridgehead atoms. The zero-order valence-electron chi connectivity index (χ0n) is 17.7. The van der Waals surface area contributed by atoms with Gasteiger partial charge in [-0.1, -0.05) is 30.3 Å². The number of rotatable bonds is 2. The van der Waals surface area contributed by atoms with Gasteiger partial charge in [0.05, 0.1) is 10.9 Å². The van der Waals surface area contributed by atoms with Gasteiger partial charge in [0.2, 0.25) is 5.69 Å². The van der Waals surface area contributed by atoms with E-state index in [-0.39, 0.29) is 5.82 Å². The van der Waals surface area contributed by atoms with Crippen molar-refractivity contribution in [2.75, 3.05) is 0 Å². The van der Waals surface area contributed by atoms with Gasteiger partial charge >= 0.3 is 0 Å². The highest BCUT2D eigenvalue weighted by Crippen LogP contribution is 2.42. The van der Waals surface area contributed by atoms with Crippen molar-refractivity contribution in [2.45, 2.75) is 26.2 Å². The van der Waals surface area contributed by atoms with E-state index in [9.17, 15) is 0 Å². The molecule has 0 fully saturated rings. The summed E-state index contributed by atoms with van der Waals surface area (Å²) >= 11 is 0. The molecule has 0 spiro atoms. The number of benzene rings is 3. The van der Waals surface area contributed by atoms with Crippen LogP contribution in [0.2, 0.25) is 0 Å². The predicted octanol–water partition coefficient (Wildman–Crippen LogP) is 6.68. The van der Waals surface area contributed by atoms with Gasteiger partial charge < -0.3 is 4.42 Å². The van der Waals surface area contributed by atoms with Crippen LogP contribution >= 0.6 is 0 Å². The normalized spacial score (nSPS) is 13.3. The minimum absolute atomic E-state index is 0.245. The van der Waals surface area contributed by atoms with Crippen LogP contribution < -0.4 is 4.57 Å². The summed E-state index contributed by atoms with van der Waals surface area (Å²) < 4.78 is 23.7. The maximum Gasteiger partial charge on any atom is 0.216 e. The number of pyridine rings is 1. The molecule has 31 heavy (non-hydrogen) atoms. The van der Waals surface area contributed by atoms with E-state index in [4.69, 9.17) is 4.42 Å². The number of hydrogen-bond donors (Lipinski definition) is 0. The van der Waals surface area contributed by atoms with E-state index in [1.807, 2.05) is 37.5 Å². The summed E-state index contributed by atoms with van der Waals surface area (Å²) in [7, 11) is 2.02. The number of aromatic nitrogens is 1. The maximum atomic E-state index is 15.1. The van der Waals surface area contributed by atoms with Crippen molar-refractivity contribution >= 4 is 21.9 Å². The molecule has 0 radical (unpaired) electrons. The van der Waals surface area contributed by atoms with Crippen molar-refractivity contribution < 1.29 is 13.4 Å². The molecule has 0 aliphatic heterocycles. The third-order valence-corrected chi connectivity index (χ3v) is 6.67. The average molecular weight is 408 g/mol. The lowest BCUT2D eigenvalue weighted by Crippen LogP contribution is -2.30. The molecule has 2 nitrogen and oxygen atoms in total. The number of nitrogens with zero attached hydrogens (tertiary/aromatic N) is 1. The molecule has 0 amide bonds. The second-order valence-corrected chi connectivity index (χ2v) is 8.57. The predicted molar refractivity (Wildman–Crippen MR) is 122 cm³/mol. The zero-order chi connectivity index (χ0) is 21.1. The van der Waals surface area contributed by atoms with Gasteiger partial charge in [-0.15, -0.1) is 0 Å². The molecular formula is C28H23FNO+. The van der Waals surface area contributed by atoms with E-state index in [1.165, 1.54) is 17.5 Å². The van der Waals surface area contributed by atoms with Crippen molar-refractivity contribution in [3.8, 4) is 22.4 Å². The van der Waals surface area contributed by atoms with Crippen LogP contribution in [-0.4, -0.2) is 0 Å². The summed E-state index contributed by atoms with van der Waals surface area (Å²) in [4.78, 5) is 0. The van der Waals surface area contributed by atoms with E-state index in [2.05, 4.69) is 41.8 Å². The Labute approximate surface area is 180 Å². The second-order valence-electron chi connectivity index (χ2n) is 8.57. The van der Waals surface area contributed by atoms with Gasteiger partial charge in [0, 0.05) is 23.1 Å². The summed E-state index contributed by atoms with van der Waals surface area (Å²) in [5.41, 5.74) is 9.40. The maximum absolute atomic E-state index is 15.1. The van der Waals surface area contributed by atoms with Crippen LogP contribution in [0.1, 0.15) is 23.1 Å². The summed E-state index contributed by atoms with van der Waals surface area (Å²) in [5.74, 6) is -0.245. The second kappa shape index (κ2) is 6.78. The van der Waals surface area contributed by atoms with E-state index in [0.29, 0.717) is 11.0 Å². The largest absolute Gasteiger partial charge is 0.454 e. The van der Waals surface area contributed by atoms with Gasteiger partial charge in [0.15, 0.2) is 6.20 Å². The lowest BCUT2D eigenvalue weighted by atomic mass is 9.97. The number of halogens is 1. The van der Waals surface area contributed by atoms with Crippen LogP contribution in [0.25, 0.3) is 44.3 Å². The van der Waals surface area contributed by atoms with Crippen LogP contribution in [0.4, 0.5) is 4.39 Å². The Morgan fingerprint density at radius 1 is 0.903 bits per heavy atom. The lowest BCUT2D eigenvalue weighted by molar-refractivity contribution is -0.660. The van der Waals surface area contributed by atoms with Crippen LogP contribution in [0.5, 0.6) is 0 Å². The molecule has 0 saturated heterocycles. The number of hydrogen-bond acceptors (Lipinski definition) is 1. The molecule has 6 rings (SSSR count). The summed E-state index contributed by atoms with van der Waals surface area (Å²) in [5, 5.41) is 1.38. The van der Waals surface area contributed by atoms with Crippen LogP contribution in [0.3, 0.4) is 0 Å². The molecule has 2 heterocycles. The molecule has 1 aliphatic rings. The Hall–Kier alpha value is -3.46. The Morgan fingerprint density at radius 3 is 2.65 bits per heavy atom. The first-order chi connectivity index (χ1) is 15.1. The summed E-state index contributed by atoms with van der Waals surface area (Å²) in [6.45, 7) is 2.08. The third-order valence-electron chi connectivity index (χ3n) is 6.67. The average Bonchev–Trinajstić information content (AvgIpc) is 3.39. The van der Waals surface area contributed by atoms with Gasteiger partial charge in [-0.2, -0.15) is 0 Å². The molecule has 3 heteroatoms. The zero-order valence-corrected chi connectivity index (χ0v) is 17.7. The minimum atomic E-state index is -0.245. The Kier molecular flexibility index (Phi) is 4.01. The van der Waals surface area contributed by atoms with Crippen molar-refractivity contribution in [1.82, 2.24) is 0 Å². The van der Waals surface area contributed by atoms with Crippen molar-refractivity contribution in [2.24, 2.45) is 7.05 Å². The van der Waals surface area contributed by atoms with E-state index in [1.54, 1.807) is 6.07 Å². The topological polar surface area (TPSA) is 17.0 Å². The monoisotopic (exact) mass is 408 g/mol. The molecule has 3 aromatic carbocycles. The molecule has 0 atom stereocenters. The third kappa shape index (κ3) is 2.73. The van der Waals surface area contributed by atoms with Crippen LogP contribution in [0, 0.1) is 12.7 Å². The number of fused-ring (bicyclic) bond motifs is 4. The first-order valence-electron chi connectivity index (χ1n) is 10.8. The molecule has 0 unspecified atom stereocenters. The first kappa shape index (κ1) is 18.3. The molecule has 152 valence electrons. The Morgan fingerprint density at radius 2 is 1.77 bits per heavy atom. The molecule has 1 aliphatic carbocycles. The summed E-state index contributed by atoms with van der Waals surface area (Å²) in [6, 6.07) is 20.2. The smallest absolute Gasteiger partial charge is 0.216 e. The SMILES string of the molecule is Cc1ccc2c(oc3c(-c4ccc5c(c4)CCC5)ccc(F)c32)c1-c1cccc[n+]1C. The van der Waals surface area contributed by atoms with E-state index in [0.717, 1.165) is 51.8 Å². The van der Waals surface area contributed by atoms with Gasteiger partial charge in [-0.05, 0) is 66.6 Å². The van der Waals surface area contributed by atoms with Crippen LogP contribution in [-0.2, 0) is 19.9 Å². The number of aryl methyl sites for hydroxylation is 4. The molecular weight excluding hydrogens is 385 g/mol. The van der Waals surface area contributed by atoms with Gasteiger partial charge in [-0.25, -0.2) is 8.96 Å². The first-order valence-corrected chi connectivity index (χ1v) is 10.8. The number of furan rings is 1. The van der Waals surface area contributed by atoms with Crippen molar-refractivity contribution in [1.29, 1.82) is 0 Å². The Bertz CT molecular complexity index is 1490. The fraction of sp³-hybridized carbons (Fsp3) is 0.179. The highest BCUT2D eigenvalue weighted by atomic mass is 19.1. The highest BCUT2D eigenvalue weighted by Gasteiger charge is 2.23. The van der Waals surface area contributed by atoms with Gasteiger partial charge in [0.1, 0.15) is 24.0 Å². The molecule has 5 aromatic rings. The fourth-order valence-electron chi connectivity index (χ4n) is 5.07.